The van der Waals surface area contributed by atoms with Crippen LogP contribution in [-0.4, -0.2) is 20.4 Å². The monoisotopic (exact) mass is 311 g/mol. The topological polar surface area (TPSA) is 85.2 Å². The Morgan fingerprint density at radius 2 is 1.77 bits per heavy atom. The maximum absolute atomic E-state index is 12.4. The Kier molecular flexibility index (Phi) is 3.41. The lowest BCUT2D eigenvalue weighted by Crippen LogP contribution is -2.04. The largest absolute Gasteiger partial charge is 0.471 e. The number of rotatable bonds is 3. The van der Waals surface area contributed by atoms with E-state index in [1.165, 1.54) is 36.5 Å². The zero-order valence-corrected chi connectivity index (χ0v) is 10.8. The summed E-state index contributed by atoms with van der Waals surface area (Å²) in [6.45, 7) is 0. The third kappa shape index (κ3) is 2.70. The molecule has 0 amide bonds. The number of aliphatic hydroxyl groups is 1. The molecule has 0 radical (unpaired) electrons. The molecule has 0 spiro atoms. The normalized spacial score (nSPS) is 13.3. The van der Waals surface area contributed by atoms with Crippen molar-refractivity contribution < 1.29 is 27.3 Å². The highest BCUT2D eigenvalue weighted by Gasteiger charge is 2.38. The second-order valence-corrected chi connectivity index (χ2v) is 4.36. The van der Waals surface area contributed by atoms with E-state index in [2.05, 4.69) is 19.8 Å². The van der Waals surface area contributed by atoms with Crippen LogP contribution in [0.4, 0.5) is 13.2 Å². The molecule has 0 fully saturated rings. The van der Waals surface area contributed by atoms with Crippen LogP contribution in [0.1, 0.15) is 23.3 Å². The molecule has 2 heterocycles. The van der Waals surface area contributed by atoms with E-state index in [1.54, 1.807) is 0 Å². The van der Waals surface area contributed by atoms with Gasteiger partial charge in [-0.05, 0) is 5.56 Å². The van der Waals surface area contributed by atoms with E-state index in [4.69, 9.17) is 4.52 Å². The van der Waals surface area contributed by atoms with Crippen LogP contribution >= 0.6 is 0 Å². The Bertz CT molecular complexity index is 751. The van der Waals surface area contributed by atoms with Crippen LogP contribution in [0.5, 0.6) is 0 Å². The van der Waals surface area contributed by atoms with Crippen LogP contribution in [0.3, 0.4) is 0 Å². The number of aliphatic hydroxyl groups excluding tert-OH is 1. The van der Waals surface area contributed by atoms with Crippen LogP contribution in [0.2, 0.25) is 0 Å². The summed E-state index contributed by atoms with van der Waals surface area (Å²) < 4.78 is 46.2. The highest BCUT2D eigenvalue weighted by Crippen LogP contribution is 2.30. The summed E-state index contributed by atoms with van der Waals surface area (Å²) in [7, 11) is 0. The molecular formula is C13H8F3N3O3. The number of halogens is 3. The number of hydrogen-bond acceptors (Lipinski definition) is 6. The summed E-state index contributed by atoms with van der Waals surface area (Å²) in [6, 6.07) is 7.49. The molecule has 1 atom stereocenters. The van der Waals surface area contributed by atoms with Gasteiger partial charge in [0.25, 0.3) is 0 Å². The molecule has 0 aliphatic carbocycles. The minimum absolute atomic E-state index is 0.187. The number of nitrogens with zero attached hydrogens (tertiary/aromatic N) is 3. The molecule has 0 bridgehead atoms. The Morgan fingerprint density at radius 3 is 2.32 bits per heavy atom. The molecule has 3 aromatic rings. The van der Waals surface area contributed by atoms with Crippen molar-refractivity contribution >= 4 is 0 Å². The third-order valence-corrected chi connectivity index (χ3v) is 2.88. The van der Waals surface area contributed by atoms with Gasteiger partial charge in [-0.3, -0.25) is 0 Å². The zero-order chi connectivity index (χ0) is 15.7. The van der Waals surface area contributed by atoms with Gasteiger partial charge in [0.1, 0.15) is 6.10 Å². The average molecular weight is 311 g/mol. The molecule has 0 aliphatic heterocycles. The zero-order valence-electron chi connectivity index (χ0n) is 10.8. The summed E-state index contributed by atoms with van der Waals surface area (Å²) >= 11 is 0. The van der Waals surface area contributed by atoms with Gasteiger partial charge in [-0.25, -0.2) is 0 Å². The van der Waals surface area contributed by atoms with Gasteiger partial charge in [0.2, 0.25) is 5.82 Å². The predicted octanol–water partition coefficient (Wildman–Crippen LogP) is 2.83. The molecule has 9 heteroatoms. The summed E-state index contributed by atoms with van der Waals surface area (Å²) in [4.78, 5) is 3.28. The minimum atomic E-state index is -4.69. The Morgan fingerprint density at radius 1 is 1.05 bits per heavy atom. The number of benzene rings is 1. The van der Waals surface area contributed by atoms with Gasteiger partial charge in [-0.1, -0.05) is 34.6 Å². The van der Waals surface area contributed by atoms with E-state index >= 15 is 0 Å². The minimum Gasteiger partial charge on any atom is -0.380 e. The fourth-order valence-corrected chi connectivity index (χ4v) is 1.80. The van der Waals surface area contributed by atoms with Gasteiger partial charge < -0.3 is 14.2 Å². The highest BCUT2D eigenvalue weighted by molar-refractivity contribution is 5.55. The van der Waals surface area contributed by atoms with Crippen molar-refractivity contribution in [1.29, 1.82) is 0 Å². The van der Waals surface area contributed by atoms with Gasteiger partial charge in [0, 0.05) is 11.6 Å². The van der Waals surface area contributed by atoms with E-state index in [-0.39, 0.29) is 11.6 Å². The summed E-state index contributed by atoms with van der Waals surface area (Å²) in [5.74, 6) is -1.34. The fourth-order valence-electron chi connectivity index (χ4n) is 1.80. The van der Waals surface area contributed by atoms with Gasteiger partial charge in [-0.15, -0.1) is 0 Å². The number of hydrogen-bond donors (Lipinski definition) is 1. The molecule has 0 saturated carbocycles. The van der Waals surface area contributed by atoms with Crippen LogP contribution in [0.15, 0.2) is 45.6 Å². The lowest BCUT2D eigenvalue weighted by atomic mass is 10.1. The van der Waals surface area contributed by atoms with E-state index in [0.29, 0.717) is 11.1 Å². The average Bonchev–Trinajstić information content (AvgIpc) is 3.17. The Hall–Kier alpha value is -2.68. The van der Waals surface area contributed by atoms with Crippen molar-refractivity contribution in [3.63, 3.8) is 0 Å². The van der Waals surface area contributed by atoms with Gasteiger partial charge in [0.15, 0.2) is 5.76 Å². The van der Waals surface area contributed by atoms with Crippen LogP contribution in [0.25, 0.3) is 11.4 Å². The van der Waals surface area contributed by atoms with E-state index in [9.17, 15) is 18.3 Å². The van der Waals surface area contributed by atoms with E-state index < -0.39 is 18.2 Å². The second kappa shape index (κ2) is 5.26. The molecule has 0 saturated heterocycles. The van der Waals surface area contributed by atoms with Gasteiger partial charge >= 0.3 is 12.1 Å². The lowest BCUT2D eigenvalue weighted by Gasteiger charge is -2.07. The molecule has 2 aromatic heterocycles. The maximum atomic E-state index is 12.4. The first-order valence-corrected chi connectivity index (χ1v) is 6.05. The van der Waals surface area contributed by atoms with Gasteiger partial charge in [0.05, 0.1) is 6.20 Å². The molecule has 6 nitrogen and oxygen atoms in total. The first-order chi connectivity index (χ1) is 10.4. The molecular weight excluding hydrogens is 303 g/mol. The first kappa shape index (κ1) is 14.3. The smallest absolute Gasteiger partial charge is 0.380 e. The Labute approximate surface area is 121 Å². The maximum Gasteiger partial charge on any atom is 0.471 e. The number of alkyl halides is 3. The first-order valence-electron chi connectivity index (χ1n) is 6.05. The van der Waals surface area contributed by atoms with Crippen LogP contribution < -0.4 is 0 Å². The number of aromatic nitrogens is 3. The predicted molar refractivity (Wildman–Crippen MR) is 65.3 cm³/mol. The third-order valence-electron chi connectivity index (χ3n) is 2.88. The van der Waals surface area contributed by atoms with E-state index in [1.807, 2.05) is 0 Å². The molecule has 1 unspecified atom stereocenters. The lowest BCUT2D eigenvalue weighted by molar-refractivity contribution is -0.159. The van der Waals surface area contributed by atoms with Crippen molar-refractivity contribution in [2.24, 2.45) is 0 Å². The Balaban J connectivity index is 1.84. The molecule has 114 valence electrons. The van der Waals surface area contributed by atoms with Gasteiger partial charge in [-0.2, -0.15) is 18.2 Å². The quantitative estimate of drug-likeness (QED) is 0.800. The van der Waals surface area contributed by atoms with Crippen molar-refractivity contribution in [2.75, 3.05) is 0 Å². The summed E-state index contributed by atoms with van der Waals surface area (Å²) in [5, 5.41) is 16.8. The van der Waals surface area contributed by atoms with E-state index in [0.717, 1.165) is 0 Å². The van der Waals surface area contributed by atoms with Crippen molar-refractivity contribution in [3.05, 3.63) is 53.7 Å². The molecule has 1 N–H and O–H groups in total. The summed E-state index contributed by atoms with van der Waals surface area (Å²) in [5.41, 5.74) is 0.813. The van der Waals surface area contributed by atoms with Crippen LogP contribution in [0, 0.1) is 0 Å². The molecule has 22 heavy (non-hydrogen) atoms. The SMILES string of the molecule is OC(c1ccc(-c2noc(C(F)(F)F)n2)cc1)c1ccno1. The van der Waals surface area contributed by atoms with Crippen LogP contribution in [-0.2, 0) is 6.18 Å². The van der Waals surface area contributed by atoms with Crippen molar-refractivity contribution in [3.8, 4) is 11.4 Å². The molecule has 3 rings (SSSR count). The fraction of sp³-hybridized carbons (Fsp3) is 0.154. The summed E-state index contributed by atoms with van der Waals surface area (Å²) in [6.07, 6.45) is -4.31. The molecule has 0 aliphatic rings. The highest BCUT2D eigenvalue weighted by atomic mass is 19.4. The van der Waals surface area contributed by atoms with Crippen molar-refractivity contribution in [1.82, 2.24) is 15.3 Å². The second-order valence-electron chi connectivity index (χ2n) is 4.36. The molecule has 1 aromatic carbocycles. The van der Waals surface area contributed by atoms with Crippen molar-refractivity contribution in [2.45, 2.75) is 12.3 Å². The standard InChI is InChI=1S/C13H8F3N3O3/c14-13(15,16)12-18-11(19-22-12)8-3-1-7(2-4-8)10(20)9-5-6-17-21-9/h1-6,10,20H.